The first-order valence-corrected chi connectivity index (χ1v) is 12.5. The Morgan fingerprint density at radius 1 is 0.703 bits per heavy atom. The van der Waals surface area contributed by atoms with Crippen molar-refractivity contribution in [3.8, 4) is 0 Å². The molecule has 2 aromatic carbocycles. The summed E-state index contributed by atoms with van der Waals surface area (Å²) < 4.78 is 5.29. The lowest BCUT2D eigenvalue weighted by Gasteiger charge is -2.46. The third-order valence-electron chi connectivity index (χ3n) is 8.35. The molecule has 0 N–H and O–H groups in total. The van der Waals surface area contributed by atoms with E-state index in [4.69, 9.17) is 4.74 Å². The molecule has 2 bridgehead atoms. The van der Waals surface area contributed by atoms with Crippen LogP contribution in [0.4, 0.5) is 11.4 Å². The molecule has 0 spiro atoms. The molecule has 2 saturated heterocycles. The van der Waals surface area contributed by atoms with Crippen molar-refractivity contribution in [1.82, 2.24) is 0 Å². The van der Waals surface area contributed by atoms with Crippen molar-refractivity contribution in [1.29, 1.82) is 0 Å². The van der Waals surface area contributed by atoms with Crippen LogP contribution in [0, 0.1) is 49.4 Å². The lowest BCUT2D eigenvalue weighted by atomic mass is 9.52. The molecule has 5 aliphatic rings. The Morgan fingerprint density at radius 3 is 1.57 bits per heavy atom. The zero-order valence-electron chi connectivity index (χ0n) is 20.7. The molecule has 37 heavy (non-hydrogen) atoms. The Kier molecular flexibility index (Phi) is 5.19. The first kappa shape index (κ1) is 23.3. The number of allylic oxidation sites excluding steroid dienone is 1. The molecule has 2 heterocycles. The monoisotopic (exact) mass is 498 g/mol. The highest BCUT2D eigenvalue weighted by molar-refractivity contribution is 6.27. The molecule has 3 aliphatic carbocycles. The number of ether oxygens (including phenoxy) is 1. The Morgan fingerprint density at radius 2 is 1.14 bits per heavy atom. The molecule has 8 heteroatoms. The SMILES string of the molecule is CCOC(=O)C1=CC2[C@@H]3C(=O)N(c4ccccc4C)C(=O)[C@@H]3C1[C@H]1C(=O)N(c3ccccc3C)C(=O)[C@@H]21. The molecule has 2 aliphatic heterocycles. The van der Waals surface area contributed by atoms with Gasteiger partial charge in [0.15, 0.2) is 0 Å². The molecular weight excluding hydrogens is 472 g/mol. The zero-order chi connectivity index (χ0) is 26.2. The van der Waals surface area contributed by atoms with E-state index < -0.39 is 65.1 Å². The van der Waals surface area contributed by atoms with Gasteiger partial charge in [-0.25, -0.2) is 14.6 Å². The molecule has 0 radical (unpaired) electrons. The van der Waals surface area contributed by atoms with E-state index >= 15 is 0 Å². The molecule has 4 atom stereocenters. The van der Waals surface area contributed by atoms with Gasteiger partial charge in [-0.3, -0.25) is 19.2 Å². The molecule has 0 unspecified atom stereocenters. The number of benzene rings is 2. The highest BCUT2D eigenvalue weighted by atomic mass is 16.5. The predicted octanol–water partition coefficient (Wildman–Crippen LogP) is 2.96. The minimum absolute atomic E-state index is 0.125. The number of aryl methyl sites for hydroxylation is 2. The lowest BCUT2D eigenvalue weighted by molar-refractivity contribution is -0.146. The Hall–Kier alpha value is -4.07. The van der Waals surface area contributed by atoms with Gasteiger partial charge < -0.3 is 4.74 Å². The van der Waals surface area contributed by atoms with Gasteiger partial charge in [-0.1, -0.05) is 42.5 Å². The minimum atomic E-state index is -0.921. The Bertz CT molecular complexity index is 1340. The molecule has 2 aromatic rings. The van der Waals surface area contributed by atoms with Crippen LogP contribution < -0.4 is 9.80 Å². The fourth-order valence-corrected chi connectivity index (χ4v) is 6.87. The molecular formula is C29H26N2O6. The summed E-state index contributed by atoms with van der Waals surface area (Å²) in [4.78, 5) is 70.9. The van der Waals surface area contributed by atoms with E-state index in [2.05, 4.69) is 0 Å². The largest absolute Gasteiger partial charge is 0.463 e. The second kappa shape index (κ2) is 8.23. The molecule has 8 nitrogen and oxygen atoms in total. The highest BCUT2D eigenvalue weighted by Crippen LogP contribution is 2.61. The standard InChI is InChI=1S/C29H26N2O6/c1-4-37-29(36)17-13-16-21-23(27(34)30(25(21)32)18-11-7-5-9-14(18)2)20(17)24-22(16)26(33)31(28(24)35)19-12-8-6-10-15(19)3/h5-13,16,20-24H,4H2,1-3H3/t16?,20?,21-,22-,23+,24+/m0/s1. The topological polar surface area (TPSA) is 101 Å². The maximum atomic E-state index is 13.9. The van der Waals surface area contributed by atoms with E-state index in [0.717, 1.165) is 11.1 Å². The van der Waals surface area contributed by atoms with E-state index in [-0.39, 0.29) is 12.2 Å². The van der Waals surface area contributed by atoms with Gasteiger partial charge in [-0.15, -0.1) is 0 Å². The smallest absolute Gasteiger partial charge is 0.334 e. The van der Waals surface area contributed by atoms with E-state index in [1.165, 1.54) is 9.80 Å². The molecule has 3 fully saturated rings. The van der Waals surface area contributed by atoms with Gasteiger partial charge >= 0.3 is 5.97 Å². The van der Waals surface area contributed by atoms with Crippen LogP contribution in [0.5, 0.6) is 0 Å². The van der Waals surface area contributed by atoms with E-state index in [0.29, 0.717) is 11.4 Å². The number of anilines is 2. The maximum absolute atomic E-state index is 13.9. The summed E-state index contributed by atoms with van der Waals surface area (Å²) in [6, 6.07) is 14.2. The van der Waals surface area contributed by atoms with Crippen molar-refractivity contribution in [2.45, 2.75) is 20.8 Å². The number of carbonyl (C=O) groups excluding carboxylic acids is 5. The Balaban J connectivity index is 1.49. The minimum Gasteiger partial charge on any atom is -0.463 e. The summed E-state index contributed by atoms with van der Waals surface area (Å²) in [5, 5.41) is 0. The first-order valence-electron chi connectivity index (χ1n) is 12.5. The molecule has 7 rings (SSSR count). The summed E-state index contributed by atoms with van der Waals surface area (Å²) in [5.41, 5.74) is 2.69. The van der Waals surface area contributed by atoms with Crippen molar-refractivity contribution in [2.75, 3.05) is 16.4 Å². The lowest BCUT2D eigenvalue weighted by Crippen LogP contribution is -2.53. The number of rotatable bonds is 4. The Labute approximate surface area is 213 Å². The van der Waals surface area contributed by atoms with Crippen LogP contribution in [0.25, 0.3) is 0 Å². The van der Waals surface area contributed by atoms with Crippen LogP contribution in [0.3, 0.4) is 0 Å². The number of imide groups is 2. The molecule has 188 valence electrons. The summed E-state index contributed by atoms with van der Waals surface area (Å²) in [6.07, 6.45) is 1.63. The van der Waals surface area contributed by atoms with Gasteiger partial charge in [0.2, 0.25) is 23.6 Å². The second-order valence-corrected chi connectivity index (χ2v) is 10.1. The third-order valence-corrected chi connectivity index (χ3v) is 8.35. The van der Waals surface area contributed by atoms with Gasteiger partial charge in [0.05, 0.1) is 41.7 Å². The quantitative estimate of drug-likeness (QED) is 0.475. The van der Waals surface area contributed by atoms with Crippen molar-refractivity contribution >= 4 is 41.0 Å². The van der Waals surface area contributed by atoms with Crippen molar-refractivity contribution in [3.05, 3.63) is 71.3 Å². The molecule has 0 aromatic heterocycles. The number of para-hydroxylation sites is 2. The summed E-state index contributed by atoms with van der Waals surface area (Å²) in [5.74, 6) is -7.48. The van der Waals surface area contributed by atoms with Gasteiger partial charge in [-0.2, -0.15) is 0 Å². The van der Waals surface area contributed by atoms with E-state index in [9.17, 15) is 24.0 Å². The van der Waals surface area contributed by atoms with Crippen LogP contribution in [-0.4, -0.2) is 36.2 Å². The van der Waals surface area contributed by atoms with Crippen molar-refractivity contribution < 1.29 is 28.7 Å². The van der Waals surface area contributed by atoms with Crippen LogP contribution in [0.15, 0.2) is 60.2 Å². The van der Waals surface area contributed by atoms with Crippen LogP contribution >= 0.6 is 0 Å². The van der Waals surface area contributed by atoms with Gasteiger partial charge in [0.25, 0.3) is 0 Å². The van der Waals surface area contributed by atoms with Gasteiger partial charge in [-0.05, 0) is 44.0 Å². The van der Waals surface area contributed by atoms with Gasteiger partial charge in [0.1, 0.15) is 0 Å². The third kappa shape index (κ3) is 3.04. The number of amides is 4. The van der Waals surface area contributed by atoms with Crippen LogP contribution in [0.1, 0.15) is 18.1 Å². The summed E-state index contributed by atoms with van der Waals surface area (Å²) >= 11 is 0. The fraction of sp³-hybridized carbons (Fsp3) is 0.345. The van der Waals surface area contributed by atoms with Crippen molar-refractivity contribution in [2.24, 2.45) is 35.5 Å². The number of carbonyl (C=O) groups is 5. The fourth-order valence-electron chi connectivity index (χ4n) is 6.87. The molecule has 1 saturated carbocycles. The number of hydrogen-bond acceptors (Lipinski definition) is 6. The number of nitrogens with zero attached hydrogens (tertiary/aromatic N) is 2. The van der Waals surface area contributed by atoms with Crippen LogP contribution in [-0.2, 0) is 28.7 Å². The van der Waals surface area contributed by atoms with E-state index in [1.54, 1.807) is 37.3 Å². The average molecular weight is 499 g/mol. The zero-order valence-corrected chi connectivity index (χ0v) is 20.7. The maximum Gasteiger partial charge on any atom is 0.334 e. The van der Waals surface area contributed by atoms with Gasteiger partial charge in [0, 0.05) is 17.4 Å². The second-order valence-electron chi connectivity index (χ2n) is 10.1. The highest BCUT2D eigenvalue weighted by Gasteiger charge is 2.71. The first-order chi connectivity index (χ1) is 17.8. The average Bonchev–Trinajstić information content (AvgIpc) is 3.31. The normalized spacial score (nSPS) is 30.0. The van der Waals surface area contributed by atoms with Crippen molar-refractivity contribution in [3.63, 3.8) is 0 Å². The van der Waals surface area contributed by atoms with E-state index in [1.807, 2.05) is 38.1 Å². The summed E-state index contributed by atoms with van der Waals surface area (Å²) in [7, 11) is 0. The summed E-state index contributed by atoms with van der Waals surface area (Å²) in [6.45, 7) is 5.44. The number of hydrogen-bond donors (Lipinski definition) is 0. The molecule has 4 amide bonds. The number of esters is 1. The van der Waals surface area contributed by atoms with Crippen LogP contribution in [0.2, 0.25) is 0 Å². The predicted molar refractivity (Wildman–Crippen MR) is 133 cm³/mol.